The number of nitrogens with zero attached hydrogens (tertiary/aromatic N) is 1. The summed E-state index contributed by atoms with van der Waals surface area (Å²) in [5.41, 5.74) is 6.20. The summed E-state index contributed by atoms with van der Waals surface area (Å²) in [5, 5.41) is 11.8. The van der Waals surface area contributed by atoms with E-state index in [2.05, 4.69) is 21.1 Å². The van der Waals surface area contributed by atoms with Crippen LogP contribution in [-0.4, -0.2) is 30.4 Å². The first kappa shape index (κ1) is 13.2. The molecule has 1 aliphatic heterocycles. The third-order valence-corrected chi connectivity index (χ3v) is 3.23. The van der Waals surface area contributed by atoms with Crippen LogP contribution in [0.2, 0.25) is 0 Å². The highest BCUT2D eigenvalue weighted by molar-refractivity contribution is 9.10. The largest absolute Gasteiger partial charge is 0.487 e. The molecule has 1 aromatic rings. The molecule has 0 aliphatic carbocycles. The minimum Gasteiger partial charge on any atom is -0.487 e. The summed E-state index contributed by atoms with van der Waals surface area (Å²) in [4.78, 5) is 0. The zero-order valence-electron chi connectivity index (χ0n) is 9.80. The van der Waals surface area contributed by atoms with Crippen molar-refractivity contribution in [3.8, 4) is 5.75 Å². The van der Waals surface area contributed by atoms with Gasteiger partial charge >= 0.3 is 0 Å². The van der Waals surface area contributed by atoms with Gasteiger partial charge in [0.15, 0.2) is 5.84 Å². The second kappa shape index (κ2) is 6.06. The molecule has 0 saturated carbocycles. The number of nitrogens with two attached hydrogens (primary N) is 1. The summed E-state index contributed by atoms with van der Waals surface area (Å²) in [6, 6.07) is 5.41. The molecule has 1 aliphatic rings. The van der Waals surface area contributed by atoms with Crippen molar-refractivity contribution >= 4 is 21.8 Å². The van der Waals surface area contributed by atoms with Gasteiger partial charge in [-0.15, -0.1) is 0 Å². The van der Waals surface area contributed by atoms with Crippen molar-refractivity contribution in [3.63, 3.8) is 0 Å². The molecule has 98 valence electrons. The highest BCUT2D eigenvalue weighted by Gasteiger charge is 2.18. The van der Waals surface area contributed by atoms with Crippen LogP contribution in [0.4, 0.5) is 0 Å². The number of benzene rings is 1. The van der Waals surface area contributed by atoms with E-state index in [0.717, 1.165) is 23.9 Å². The smallest absolute Gasteiger partial charge is 0.173 e. The van der Waals surface area contributed by atoms with Crippen LogP contribution >= 0.6 is 15.9 Å². The molecule has 1 saturated heterocycles. The van der Waals surface area contributed by atoms with E-state index >= 15 is 0 Å². The zero-order chi connectivity index (χ0) is 13.0. The van der Waals surface area contributed by atoms with Crippen molar-refractivity contribution in [1.82, 2.24) is 0 Å². The van der Waals surface area contributed by atoms with Crippen LogP contribution in [0.1, 0.15) is 18.4 Å². The number of halogens is 1. The molecule has 1 aromatic carbocycles. The fraction of sp³-hybridized carbons (Fsp3) is 0.417. The van der Waals surface area contributed by atoms with Gasteiger partial charge in [-0.05, 0) is 31.0 Å². The lowest BCUT2D eigenvalue weighted by molar-refractivity contribution is 0.00734. The monoisotopic (exact) mass is 314 g/mol. The van der Waals surface area contributed by atoms with E-state index in [9.17, 15) is 0 Å². The molecule has 1 fully saturated rings. The van der Waals surface area contributed by atoms with Crippen LogP contribution in [0.5, 0.6) is 5.75 Å². The Morgan fingerprint density at radius 3 is 3.06 bits per heavy atom. The molecule has 0 amide bonds. The molecule has 3 N–H and O–H groups in total. The number of oxime groups is 1. The quantitative estimate of drug-likeness (QED) is 0.388. The fourth-order valence-electron chi connectivity index (χ4n) is 1.84. The lowest BCUT2D eigenvalue weighted by atomic mass is 10.1. The van der Waals surface area contributed by atoms with Gasteiger partial charge in [0.25, 0.3) is 0 Å². The Morgan fingerprint density at radius 2 is 2.39 bits per heavy atom. The molecular formula is C12H15BrN2O3. The predicted molar refractivity (Wildman–Crippen MR) is 71.1 cm³/mol. The van der Waals surface area contributed by atoms with E-state index < -0.39 is 0 Å². The maximum absolute atomic E-state index is 8.78. The van der Waals surface area contributed by atoms with Crippen LogP contribution in [-0.2, 0) is 4.74 Å². The highest BCUT2D eigenvalue weighted by atomic mass is 79.9. The highest BCUT2D eigenvalue weighted by Crippen LogP contribution is 2.25. The number of hydrogen-bond acceptors (Lipinski definition) is 4. The average Bonchev–Trinajstić information content (AvgIpc) is 2.41. The Bertz CT molecular complexity index is 445. The fourth-order valence-corrected chi connectivity index (χ4v) is 2.20. The van der Waals surface area contributed by atoms with E-state index in [1.165, 1.54) is 0 Å². The molecule has 1 unspecified atom stereocenters. The summed E-state index contributed by atoms with van der Waals surface area (Å²) in [6.07, 6.45) is 1.95. The Morgan fingerprint density at radius 1 is 1.56 bits per heavy atom. The minimum absolute atomic E-state index is 0.0187. The summed E-state index contributed by atoms with van der Waals surface area (Å²) >= 11 is 3.35. The third-order valence-electron chi connectivity index (χ3n) is 2.74. The van der Waals surface area contributed by atoms with Gasteiger partial charge in [0.1, 0.15) is 11.9 Å². The lowest BCUT2D eigenvalue weighted by Gasteiger charge is -2.24. The average molecular weight is 315 g/mol. The predicted octanol–water partition coefficient (Wildman–Crippen LogP) is 2.10. The van der Waals surface area contributed by atoms with Gasteiger partial charge < -0.3 is 20.4 Å². The standard InChI is InChI=1S/C12H15BrN2O3/c13-8-3-4-11(10(6-8)12(14)15-16)18-9-2-1-5-17-7-9/h3-4,6,9,16H,1-2,5,7H2,(H2,14,15). The molecule has 0 bridgehead atoms. The van der Waals surface area contributed by atoms with Crippen molar-refractivity contribution in [1.29, 1.82) is 0 Å². The van der Waals surface area contributed by atoms with E-state index in [1.807, 2.05) is 6.07 Å². The van der Waals surface area contributed by atoms with Crippen molar-refractivity contribution in [2.24, 2.45) is 10.9 Å². The SMILES string of the molecule is N/C(=N/O)c1cc(Br)ccc1OC1CCCOC1. The Labute approximate surface area is 114 Å². The van der Waals surface area contributed by atoms with Gasteiger partial charge in [-0.3, -0.25) is 0 Å². The van der Waals surface area contributed by atoms with Crippen LogP contribution in [0.25, 0.3) is 0 Å². The maximum Gasteiger partial charge on any atom is 0.173 e. The molecular weight excluding hydrogens is 300 g/mol. The summed E-state index contributed by atoms with van der Waals surface area (Å²) in [5.74, 6) is 0.632. The number of ether oxygens (including phenoxy) is 2. The van der Waals surface area contributed by atoms with Crippen LogP contribution in [0, 0.1) is 0 Å². The van der Waals surface area contributed by atoms with Crippen LogP contribution in [0.15, 0.2) is 27.8 Å². The molecule has 5 nitrogen and oxygen atoms in total. The Balaban J connectivity index is 2.20. The lowest BCUT2D eigenvalue weighted by Crippen LogP contribution is -2.29. The van der Waals surface area contributed by atoms with E-state index in [-0.39, 0.29) is 11.9 Å². The van der Waals surface area contributed by atoms with Crippen molar-refractivity contribution in [2.75, 3.05) is 13.2 Å². The molecule has 18 heavy (non-hydrogen) atoms. The number of amidine groups is 1. The zero-order valence-corrected chi connectivity index (χ0v) is 11.4. The van der Waals surface area contributed by atoms with Crippen LogP contribution < -0.4 is 10.5 Å². The van der Waals surface area contributed by atoms with E-state index in [4.69, 9.17) is 20.4 Å². The van der Waals surface area contributed by atoms with Gasteiger partial charge in [0.05, 0.1) is 12.2 Å². The van der Waals surface area contributed by atoms with Gasteiger partial charge in [-0.25, -0.2) is 0 Å². The van der Waals surface area contributed by atoms with Gasteiger partial charge in [-0.2, -0.15) is 0 Å². The van der Waals surface area contributed by atoms with Crippen molar-refractivity contribution in [3.05, 3.63) is 28.2 Å². The molecule has 0 spiro atoms. The molecule has 0 aromatic heterocycles. The second-order valence-corrected chi connectivity index (χ2v) is 5.00. The first-order valence-corrected chi connectivity index (χ1v) is 6.52. The van der Waals surface area contributed by atoms with Crippen molar-refractivity contribution in [2.45, 2.75) is 18.9 Å². The first-order valence-electron chi connectivity index (χ1n) is 5.72. The summed E-state index contributed by atoms with van der Waals surface area (Å²) in [6.45, 7) is 1.36. The topological polar surface area (TPSA) is 77.1 Å². The van der Waals surface area contributed by atoms with Gasteiger partial charge in [0, 0.05) is 11.1 Å². The normalized spacial score (nSPS) is 20.7. The Kier molecular flexibility index (Phi) is 4.43. The number of rotatable bonds is 3. The van der Waals surface area contributed by atoms with E-state index in [0.29, 0.717) is 17.9 Å². The molecule has 2 rings (SSSR count). The molecule has 0 radical (unpaired) electrons. The number of hydrogen-bond donors (Lipinski definition) is 2. The van der Waals surface area contributed by atoms with Crippen molar-refractivity contribution < 1.29 is 14.7 Å². The summed E-state index contributed by atoms with van der Waals surface area (Å²) < 4.78 is 12.1. The summed E-state index contributed by atoms with van der Waals surface area (Å²) in [7, 11) is 0. The van der Waals surface area contributed by atoms with E-state index in [1.54, 1.807) is 12.1 Å². The third kappa shape index (κ3) is 3.14. The maximum atomic E-state index is 8.78. The van der Waals surface area contributed by atoms with Gasteiger partial charge in [0.2, 0.25) is 0 Å². The first-order chi connectivity index (χ1) is 8.70. The Hall–Kier alpha value is -1.27. The second-order valence-electron chi connectivity index (χ2n) is 4.08. The molecule has 1 heterocycles. The van der Waals surface area contributed by atoms with Gasteiger partial charge in [-0.1, -0.05) is 21.1 Å². The van der Waals surface area contributed by atoms with Crippen LogP contribution in [0.3, 0.4) is 0 Å². The molecule has 1 atom stereocenters. The molecule has 6 heteroatoms. The minimum atomic E-state index is 0.0187.